The summed E-state index contributed by atoms with van der Waals surface area (Å²) in [5.74, 6) is 0.114. The fourth-order valence-corrected chi connectivity index (χ4v) is 2.63. The van der Waals surface area contributed by atoms with Gasteiger partial charge in [-0.05, 0) is 31.2 Å². The standard InChI is InChI=1S/C19H20FNO3/c1-14-5-7-15(8-6-14)19(22)21-9-10-23-18(12-21)13-24-17-4-2-3-16(20)11-17/h2-8,11,18H,9-10,12-13H2,1H3/t18-/m1/s1. The van der Waals surface area contributed by atoms with Crippen molar-refractivity contribution in [3.63, 3.8) is 0 Å². The van der Waals surface area contributed by atoms with Gasteiger partial charge in [-0.2, -0.15) is 0 Å². The molecule has 3 rings (SSSR count). The second-order valence-corrected chi connectivity index (χ2v) is 5.88. The first-order chi connectivity index (χ1) is 11.6. The number of ether oxygens (including phenoxy) is 2. The third kappa shape index (κ3) is 4.11. The SMILES string of the molecule is Cc1ccc(C(=O)N2CCO[C@@H](COc3cccc(F)c3)C2)cc1. The average molecular weight is 329 g/mol. The molecule has 0 saturated carbocycles. The van der Waals surface area contributed by atoms with Crippen molar-refractivity contribution in [2.24, 2.45) is 0 Å². The zero-order chi connectivity index (χ0) is 16.9. The van der Waals surface area contributed by atoms with Crippen LogP contribution in [0.15, 0.2) is 48.5 Å². The van der Waals surface area contributed by atoms with Gasteiger partial charge < -0.3 is 14.4 Å². The number of rotatable bonds is 4. The van der Waals surface area contributed by atoms with Crippen LogP contribution in [0.1, 0.15) is 15.9 Å². The van der Waals surface area contributed by atoms with Crippen molar-refractivity contribution in [3.8, 4) is 5.75 Å². The smallest absolute Gasteiger partial charge is 0.254 e. The summed E-state index contributed by atoms with van der Waals surface area (Å²) in [4.78, 5) is 14.3. The molecule has 0 aliphatic carbocycles. The van der Waals surface area contributed by atoms with Crippen LogP contribution >= 0.6 is 0 Å². The maximum Gasteiger partial charge on any atom is 0.254 e. The van der Waals surface area contributed by atoms with Gasteiger partial charge in [-0.1, -0.05) is 23.8 Å². The van der Waals surface area contributed by atoms with Gasteiger partial charge in [0.15, 0.2) is 0 Å². The van der Waals surface area contributed by atoms with E-state index in [1.807, 2.05) is 31.2 Å². The number of morpholine rings is 1. The van der Waals surface area contributed by atoms with Crippen molar-refractivity contribution >= 4 is 5.91 Å². The number of nitrogens with zero attached hydrogens (tertiary/aromatic N) is 1. The van der Waals surface area contributed by atoms with Crippen molar-refractivity contribution in [2.45, 2.75) is 13.0 Å². The summed E-state index contributed by atoms with van der Waals surface area (Å²) in [5, 5.41) is 0. The molecule has 24 heavy (non-hydrogen) atoms. The maximum absolute atomic E-state index is 13.2. The highest BCUT2D eigenvalue weighted by atomic mass is 19.1. The number of benzene rings is 2. The first kappa shape index (κ1) is 16.5. The van der Waals surface area contributed by atoms with Gasteiger partial charge in [-0.3, -0.25) is 4.79 Å². The molecule has 4 nitrogen and oxygen atoms in total. The third-order valence-electron chi connectivity index (χ3n) is 3.96. The lowest BCUT2D eigenvalue weighted by atomic mass is 10.1. The quantitative estimate of drug-likeness (QED) is 0.865. The molecule has 0 unspecified atom stereocenters. The van der Waals surface area contributed by atoms with Gasteiger partial charge in [0.1, 0.15) is 24.3 Å². The van der Waals surface area contributed by atoms with Crippen LogP contribution < -0.4 is 4.74 Å². The van der Waals surface area contributed by atoms with Gasteiger partial charge in [0.2, 0.25) is 0 Å². The topological polar surface area (TPSA) is 38.8 Å². The molecule has 0 aromatic heterocycles. The van der Waals surface area contributed by atoms with Crippen molar-refractivity contribution in [1.82, 2.24) is 4.90 Å². The summed E-state index contributed by atoms with van der Waals surface area (Å²) in [6.45, 7) is 3.75. The van der Waals surface area contributed by atoms with Crippen molar-refractivity contribution in [1.29, 1.82) is 0 Å². The lowest BCUT2D eigenvalue weighted by Crippen LogP contribution is -2.47. The minimum Gasteiger partial charge on any atom is -0.491 e. The highest BCUT2D eigenvalue weighted by Crippen LogP contribution is 2.15. The van der Waals surface area contributed by atoms with E-state index in [1.165, 1.54) is 12.1 Å². The predicted molar refractivity (Wildman–Crippen MR) is 88.7 cm³/mol. The Morgan fingerprint density at radius 1 is 1.29 bits per heavy atom. The van der Waals surface area contributed by atoms with Crippen LogP contribution in [0.4, 0.5) is 4.39 Å². The molecule has 5 heteroatoms. The van der Waals surface area contributed by atoms with Crippen LogP contribution in [0.5, 0.6) is 5.75 Å². The number of aryl methyl sites for hydroxylation is 1. The molecular formula is C19H20FNO3. The van der Waals surface area contributed by atoms with E-state index < -0.39 is 0 Å². The van der Waals surface area contributed by atoms with Gasteiger partial charge in [0.05, 0.1) is 13.2 Å². The van der Waals surface area contributed by atoms with Crippen molar-refractivity contribution in [2.75, 3.05) is 26.3 Å². The van der Waals surface area contributed by atoms with Crippen molar-refractivity contribution in [3.05, 3.63) is 65.5 Å². The molecule has 1 atom stereocenters. The van der Waals surface area contributed by atoms with E-state index in [4.69, 9.17) is 9.47 Å². The number of halogens is 1. The zero-order valence-corrected chi connectivity index (χ0v) is 13.6. The third-order valence-corrected chi connectivity index (χ3v) is 3.96. The van der Waals surface area contributed by atoms with Crippen LogP contribution in [0.3, 0.4) is 0 Å². The summed E-state index contributed by atoms with van der Waals surface area (Å²) in [7, 11) is 0. The van der Waals surface area contributed by atoms with Gasteiger partial charge in [-0.25, -0.2) is 4.39 Å². The first-order valence-corrected chi connectivity index (χ1v) is 7.98. The van der Waals surface area contributed by atoms with Crippen LogP contribution in [0.25, 0.3) is 0 Å². The Morgan fingerprint density at radius 2 is 2.08 bits per heavy atom. The van der Waals surface area contributed by atoms with E-state index >= 15 is 0 Å². The van der Waals surface area contributed by atoms with Gasteiger partial charge in [0, 0.05) is 18.2 Å². The minimum absolute atomic E-state index is 0.00550. The summed E-state index contributed by atoms with van der Waals surface area (Å²) < 4.78 is 24.4. The van der Waals surface area contributed by atoms with E-state index in [-0.39, 0.29) is 24.4 Å². The molecule has 1 saturated heterocycles. The molecule has 1 heterocycles. The molecule has 0 N–H and O–H groups in total. The minimum atomic E-state index is -0.340. The summed E-state index contributed by atoms with van der Waals surface area (Å²) in [5.41, 5.74) is 1.79. The van der Waals surface area contributed by atoms with Gasteiger partial charge in [0.25, 0.3) is 5.91 Å². The first-order valence-electron chi connectivity index (χ1n) is 7.98. The summed E-state index contributed by atoms with van der Waals surface area (Å²) in [6.07, 6.45) is -0.226. The van der Waals surface area contributed by atoms with Crippen LogP contribution in [-0.2, 0) is 4.74 Å². The highest BCUT2D eigenvalue weighted by Gasteiger charge is 2.25. The number of hydrogen-bond acceptors (Lipinski definition) is 3. The van der Waals surface area contributed by atoms with Crippen molar-refractivity contribution < 1.29 is 18.7 Å². The molecule has 0 bridgehead atoms. The Hall–Kier alpha value is -2.40. The Morgan fingerprint density at radius 3 is 2.83 bits per heavy atom. The largest absolute Gasteiger partial charge is 0.491 e. The Kier molecular flexibility index (Phi) is 5.11. The fraction of sp³-hybridized carbons (Fsp3) is 0.316. The lowest BCUT2D eigenvalue weighted by Gasteiger charge is -2.33. The zero-order valence-electron chi connectivity index (χ0n) is 13.6. The van der Waals surface area contributed by atoms with E-state index in [0.717, 1.165) is 5.56 Å². The van der Waals surface area contributed by atoms with E-state index in [1.54, 1.807) is 17.0 Å². The van der Waals surface area contributed by atoms with Crippen LogP contribution in [0.2, 0.25) is 0 Å². The molecule has 0 radical (unpaired) electrons. The maximum atomic E-state index is 13.2. The second kappa shape index (κ2) is 7.45. The summed E-state index contributed by atoms with van der Waals surface area (Å²) in [6, 6.07) is 13.5. The van der Waals surface area contributed by atoms with E-state index in [2.05, 4.69) is 0 Å². The van der Waals surface area contributed by atoms with Crippen LogP contribution in [0, 0.1) is 12.7 Å². The average Bonchev–Trinajstić information content (AvgIpc) is 2.60. The second-order valence-electron chi connectivity index (χ2n) is 5.88. The molecule has 2 aromatic carbocycles. The molecule has 1 amide bonds. The molecule has 126 valence electrons. The molecule has 2 aromatic rings. The number of carbonyl (C=O) groups excluding carboxylic acids is 1. The summed E-state index contributed by atoms with van der Waals surface area (Å²) >= 11 is 0. The van der Waals surface area contributed by atoms with Crippen LogP contribution in [-0.4, -0.2) is 43.2 Å². The van der Waals surface area contributed by atoms with Gasteiger partial charge >= 0.3 is 0 Å². The molecule has 1 aliphatic heterocycles. The predicted octanol–water partition coefficient (Wildman–Crippen LogP) is 3.05. The number of hydrogen-bond donors (Lipinski definition) is 0. The molecule has 1 fully saturated rings. The fourth-order valence-electron chi connectivity index (χ4n) is 2.63. The highest BCUT2D eigenvalue weighted by molar-refractivity contribution is 5.94. The Balaban J connectivity index is 1.57. The van der Waals surface area contributed by atoms with Gasteiger partial charge in [-0.15, -0.1) is 0 Å². The number of amides is 1. The monoisotopic (exact) mass is 329 g/mol. The Bertz CT molecular complexity index is 702. The van der Waals surface area contributed by atoms with E-state index in [9.17, 15) is 9.18 Å². The Labute approximate surface area is 140 Å². The molecule has 1 aliphatic rings. The number of carbonyl (C=O) groups is 1. The molecular weight excluding hydrogens is 309 g/mol. The van der Waals surface area contributed by atoms with E-state index in [0.29, 0.717) is 31.0 Å². The lowest BCUT2D eigenvalue weighted by molar-refractivity contribution is -0.0401. The normalized spacial score (nSPS) is 17.6. The molecule has 0 spiro atoms.